The van der Waals surface area contributed by atoms with Crippen LogP contribution in [0.4, 0.5) is 4.39 Å². The van der Waals surface area contributed by atoms with E-state index in [4.69, 9.17) is 14.2 Å². The Morgan fingerprint density at radius 3 is 2.59 bits per heavy atom. The molecule has 0 amide bonds. The predicted molar refractivity (Wildman–Crippen MR) is 124 cm³/mol. The van der Waals surface area contributed by atoms with Gasteiger partial charge in [0.2, 0.25) is 0 Å². The van der Waals surface area contributed by atoms with E-state index >= 15 is 0 Å². The summed E-state index contributed by atoms with van der Waals surface area (Å²) in [6, 6.07) is 11.9. The molecule has 0 saturated carbocycles. The maximum atomic E-state index is 13.2. The van der Waals surface area contributed by atoms with E-state index in [1.165, 1.54) is 12.1 Å². The van der Waals surface area contributed by atoms with E-state index in [-0.39, 0.29) is 35.9 Å². The Morgan fingerprint density at radius 2 is 1.93 bits per heavy atom. The highest BCUT2D eigenvalue weighted by Gasteiger charge is 2.08. The molecular formula is C21H29FIN3O3. The molecule has 1 atom stereocenters. The fourth-order valence-electron chi connectivity index (χ4n) is 2.56. The Hall–Kier alpha value is -2.23. The van der Waals surface area contributed by atoms with Gasteiger partial charge in [0.1, 0.15) is 17.7 Å². The van der Waals surface area contributed by atoms with Crippen LogP contribution in [-0.4, -0.2) is 39.4 Å². The largest absolute Gasteiger partial charge is 0.493 e. The number of hydrogen-bond donors (Lipinski definition) is 2. The first kappa shape index (κ1) is 24.8. The van der Waals surface area contributed by atoms with Crippen LogP contribution in [-0.2, 0) is 6.54 Å². The fourth-order valence-corrected chi connectivity index (χ4v) is 2.56. The van der Waals surface area contributed by atoms with Crippen LogP contribution in [0.15, 0.2) is 47.5 Å². The number of benzene rings is 2. The van der Waals surface area contributed by atoms with E-state index in [0.29, 0.717) is 37.2 Å². The van der Waals surface area contributed by atoms with Crippen LogP contribution >= 0.6 is 24.0 Å². The van der Waals surface area contributed by atoms with Gasteiger partial charge in [0.05, 0.1) is 20.3 Å². The van der Waals surface area contributed by atoms with Crippen molar-refractivity contribution in [2.45, 2.75) is 26.5 Å². The molecular weight excluding hydrogens is 488 g/mol. The number of ether oxygens (including phenoxy) is 3. The molecule has 0 spiro atoms. The number of aliphatic imine (C=N–C) groups is 1. The molecule has 0 heterocycles. The van der Waals surface area contributed by atoms with Gasteiger partial charge in [0.15, 0.2) is 17.5 Å². The van der Waals surface area contributed by atoms with Gasteiger partial charge in [-0.15, -0.1) is 24.0 Å². The van der Waals surface area contributed by atoms with E-state index in [1.54, 1.807) is 26.3 Å². The maximum absolute atomic E-state index is 13.2. The third kappa shape index (κ3) is 8.35. The SMILES string of the molecule is CCOc1ccc(CNC(=NC)NCC(C)Oc2cccc(F)c2)cc1OC.I. The molecule has 29 heavy (non-hydrogen) atoms. The lowest BCUT2D eigenvalue weighted by Gasteiger charge is -2.18. The Labute approximate surface area is 188 Å². The van der Waals surface area contributed by atoms with Crippen LogP contribution in [0.2, 0.25) is 0 Å². The van der Waals surface area contributed by atoms with Crippen LogP contribution in [0.3, 0.4) is 0 Å². The highest BCUT2D eigenvalue weighted by molar-refractivity contribution is 14.0. The minimum Gasteiger partial charge on any atom is -0.493 e. The summed E-state index contributed by atoms with van der Waals surface area (Å²) in [5.41, 5.74) is 1.03. The summed E-state index contributed by atoms with van der Waals surface area (Å²) in [7, 11) is 3.32. The zero-order chi connectivity index (χ0) is 20.4. The van der Waals surface area contributed by atoms with Crippen LogP contribution in [0, 0.1) is 5.82 Å². The zero-order valence-electron chi connectivity index (χ0n) is 17.2. The molecule has 0 saturated heterocycles. The average Bonchev–Trinajstić information content (AvgIpc) is 2.69. The summed E-state index contributed by atoms with van der Waals surface area (Å²) in [6.45, 7) is 5.51. The molecule has 2 aromatic carbocycles. The lowest BCUT2D eigenvalue weighted by atomic mass is 10.2. The second-order valence-corrected chi connectivity index (χ2v) is 6.11. The third-order valence-electron chi connectivity index (χ3n) is 3.90. The van der Waals surface area contributed by atoms with Gasteiger partial charge >= 0.3 is 0 Å². The lowest BCUT2D eigenvalue weighted by molar-refractivity contribution is 0.223. The van der Waals surface area contributed by atoms with E-state index in [0.717, 1.165) is 11.3 Å². The van der Waals surface area contributed by atoms with E-state index in [1.807, 2.05) is 32.0 Å². The van der Waals surface area contributed by atoms with Crippen molar-refractivity contribution in [2.24, 2.45) is 4.99 Å². The first-order chi connectivity index (χ1) is 13.5. The smallest absolute Gasteiger partial charge is 0.191 e. The highest BCUT2D eigenvalue weighted by Crippen LogP contribution is 2.27. The molecule has 0 aliphatic carbocycles. The van der Waals surface area contributed by atoms with Crippen molar-refractivity contribution >= 4 is 29.9 Å². The van der Waals surface area contributed by atoms with Crippen molar-refractivity contribution in [3.8, 4) is 17.2 Å². The van der Waals surface area contributed by atoms with E-state index < -0.39 is 0 Å². The van der Waals surface area contributed by atoms with Crippen molar-refractivity contribution in [3.63, 3.8) is 0 Å². The molecule has 0 fully saturated rings. The molecule has 2 aromatic rings. The molecule has 1 unspecified atom stereocenters. The number of nitrogens with zero attached hydrogens (tertiary/aromatic N) is 1. The maximum Gasteiger partial charge on any atom is 0.191 e. The van der Waals surface area contributed by atoms with Crippen LogP contribution in [0.1, 0.15) is 19.4 Å². The number of halogens is 2. The van der Waals surface area contributed by atoms with Crippen LogP contribution in [0.5, 0.6) is 17.2 Å². The molecule has 2 rings (SSSR count). The number of hydrogen-bond acceptors (Lipinski definition) is 4. The molecule has 160 valence electrons. The van der Waals surface area contributed by atoms with Crippen LogP contribution in [0.25, 0.3) is 0 Å². The zero-order valence-corrected chi connectivity index (χ0v) is 19.5. The third-order valence-corrected chi connectivity index (χ3v) is 3.90. The van der Waals surface area contributed by atoms with Crippen molar-refractivity contribution in [1.29, 1.82) is 0 Å². The Bertz CT molecular complexity index is 790. The summed E-state index contributed by atoms with van der Waals surface area (Å²) in [6.07, 6.45) is -0.161. The Balaban J connectivity index is 0.00000420. The predicted octanol–water partition coefficient (Wildman–Crippen LogP) is 3.98. The fraction of sp³-hybridized carbons (Fsp3) is 0.381. The monoisotopic (exact) mass is 517 g/mol. The van der Waals surface area contributed by atoms with Gasteiger partial charge in [0, 0.05) is 19.7 Å². The molecule has 0 aromatic heterocycles. The van der Waals surface area contributed by atoms with Gasteiger partial charge in [-0.3, -0.25) is 4.99 Å². The summed E-state index contributed by atoms with van der Waals surface area (Å²) in [5, 5.41) is 6.44. The van der Waals surface area contributed by atoms with Crippen molar-refractivity contribution in [2.75, 3.05) is 27.3 Å². The number of nitrogens with one attached hydrogen (secondary N) is 2. The Morgan fingerprint density at radius 1 is 1.14 bits per heavy atom. The molecule has 8 heteroatoms. The van der Waals surface area contributed by atoms with Crippen molar-refractivity contribution in [1.82, 2.24) is 10.6 Å². The van der Waals surface area contributed by atoms with E-state index in [2.05, 4.69) is 15.6 Å². The second kappa shape index (κ2) is 13.1. The molecule has 6 nitrogen and oxygen atoms in total. The first-order valence-corrected chi connectivity index (χ1v) is 9.22. The molecule has 0 aliphatic heterocycles. The summed E-state index contributed by atoms with van der Waals surface area (Å²) in [4.78, 5) is 4.21. The summed E-state index contributed by atoms with van der Waals surface area (Å²) in [5.74, 6) is 2.24. The number of rotatable bonds is 9. The van der Waals surface area contributed by atoms with Gasteiger partial charge in [0.25, 0.3) is 0 Å². The number of guanidine groups is 1. The molecule has 0 radical (unpaired) electrons. The minimum atomic E-state index is -0.319. The summed E-state index contributed by atoms with van der Waals surface area (Å²) >= 11 is 0. The topological polar surface area (TPSA) is 64.1 Å². The van der Waals surface area contributed by atoms with Gasteiger partial charge in [-0.05, 0) is 43.7 Å². The lowest BCUT2D eigenvalue weighted by Crippen LogP contribution is -2.41. The average molecular weight is 517 g/mol. The van der Waals surface area contributed by atoms with Crippen LogP contribution < -0.4 is 24.8 Å². The number of methoxy groups -OCH3 is 1. The van der Waals surface area contributed by atoms with E-state index in [9.17, 15) is 4.39 Å². The minimum absolute atomic E-state index is 0. The van der Waals surface area contributed by atoms with Gasteiger partial charge in [-0.25, -0.2) is 4.39 Å². The van der Waals surface area contributed by atoms with Gasteiger partial charge in [-0.1, -0.05) is 12.1 Å². The summed E-state index contributed by atoms with van der Waals surface area (Å²) < 4.78 is 29.8. The molecule has 2 N–H and O–H groups in total. The quantitative estimate of drug-likeness (QED) is 0.300. The molecule has 0 bridgehead atoms. The highest BCUT2D eigenvalue weighted by atomic mass is 127. The normalized spacial score (nSPS) is 11.8. The van der Waals surface area contributed by atoms with Crippen molar-refractivity contribution in [3.05, 3.63) is 53.8 Å². The standard InChI is InChI=1S/C21H28FN3O3.HI/c1-5-27-19-10-9-16(11-20(19)26-4)14-25-21(23-3)24-13-15(2)28-18-8-6-7-17(22)12-18;/h6-12,15H,5,13-14H2,1-4H3,(H2,23,24,25);1H. The van der Waals surface area contributed by atoms with Crippen molar-refractivity contribution < 1.29 is 18.6 Å². The van der Waals surface area contributed by atoms with Gasteiger partial charge < -0.3 is 24.8 Å². The second-order valence-electron chi connectivity index (χ2n) is 6.11. The molecule has 0 aliphatic rings. The first-order valence-electron chi connectivity index (χ1n) is 9.22. The Kier molecular flexibility index (Phi) is 11.2. The van der Waals surface area contributed by atoms with Gasteiger partial charge in [-0.2, -0.15) is 0 Å².